The lowest BCUT2D eigenvalue weighted by Crippen LogP contribution is -2.03. The zero-order valence-electron chi connectivity index (χ0n) is 12.8. The number of hydrogen-bond acceptors (Lipinski definition) is 5. The number of halogens is 1. The van der Waals surface area contributed by atoms with Gasteiger partial charge in [-0.15, -0.1) is 5.10 Å². The van der Waals surface area contributed by atoms with E-state index in [0.29, 0.717) is 16.8 Å². The highest BCUT2D eigenvalue weighted by atomic mass is 35.5. The molecule has 23 heavy (non-hydrogen) atoms. The Hall–Kier alpha value is -2.66. The van der Waals surface area contributed by atoms with Gasteiger partial charge in [0.25, 0.3) is 0 Å². The first kappa shape index (κ1) is 15.2. The Morgan fingerprint density at radius 1 is 0.913 bits per heavy atom. The summed E-state index contributed by atoms with van der Waals surface area (Å²) in [7, 11) is 0. The van der Waals surface area contributed by atoms with Crippen LogP contribution in [0.2, 0.25) is 5.02 Å². The maximum atomic E-state index is 6.13. The van der Waals surface area contributed by atoms with Crippen LogP contribution < -0.4 is 10.6 Å². The number of nitrogens with zero attached hydrogens (tertiary/aromatic N) is 3. The van der Waals surface area contributed by atoms with E-state index in [2.05, 4.69) is 45.7 Å². The lowest BCUT2D eigenvalue weighted by atomic mass is 10.1. The second-order valence-electron chi connectivity index (χ2n) is 5.14. The molecular formula is C17H16ClN5. The van der Waals surface area contributed by atoms with Crippen molar-refractivity contribution in [3.8, 4) is 0 Å². The number of rotatable bonds is 4. The Balaban J connectivity index is 1.83. The first-order valence-electron chi connectivity index (χ1n) is 7.18. The Kier molecular flexibility index (Phi) is 4.39. The molecule has 6 heteroatoms. The van der Waals surface area contributed by atoms with E-state index in [4.69, 9.17) is 11.6 Å². The quantitative estimate of drug-likeness (QED) is 0.732. The third-order valence-corrected chi connectivity index (χ3v) is 3.88. The molecule has 3 aromatic rings. The molecule has 0 spiro atoms. The fourth-order valence-electron chi connectivity index (χ4n) is 2.12. The number of para-hydroxylation sites is 1. The molecule has 0 saturated carbocycles. The average molecular weight is 326 g/mol. The average Bonchev–Trinajstić information content (AvgIpc) is 2.55. The molecule has 3 rings (SSSR count). The van der Waals surface area contributed by atoms with E-state index in [1.165, 1.54) is 11.1 Å². The van der Waals surface area contributed by atoms with Crippen molar-refractivity contribution < 1.29 is 0 Å². The molecule has 0 fully saturated rings. The zero-order chi connectivity index (χ0) is 16.2. The molecule has 0 aliphatic rings. The number of benzene rings is 2. The Bertz CT molecular complexity index is 835. The van der Waals surface area contributed by atoms with E-state index >= 15 is 0 Å². The molecule has 0 aliphatic heterocycles. The summed E-state index contributed by atoms with van der Waals surface area (Å²) in [5, 5.41) is 14.9. The zero-order valence-corrected chi connectivity index (χ0v) is 13.6. The summed E-state index contributed by atoms with van der Waals surface area (Å²) in [6.07, 6.45) is 1.58. The first-order chi connectivity index (χ1) is 11.1. The van der Waals surface area contributed by atoms with Gasteiger partial charge in [0.2, 0.25) is 5.95 Å². The largest absolute Gasteiger partial charge is 0.339 e. The number of nitrogens with one attached hydrogen (secondary N) is 2. The van der Waals surface area contributed by atoms with Crippen molar-refractivity contribution in [2.24, 2.45) is 0 Å². The summed E-state index contributed by atoms with van der Waals surface area (Å²) in [5.74, 6) is 0.997. The number of aromatic nitrogens is 3. The van der Waals surface area contributed by atoms with E-state index in [9.17, 15) is 0 Å². The van der Waals surface area contributed by atoms with Crippen LogP contribution in [0.25, 0.3) is 0 Å². The molecule has 0 unspecified atom stereocenters. The minimum Gasteiger partial charge on any atom is -0.339 e. The molecule has 5 nitrogen and oxygen atoms in total. The van der Waals surface area contributed by atoms with Crippen molar-refractivity contribution in [1.82, 2.24) is 15.2 Å². The Morgan fingerprint density at radius 2 is 1.70 bits per heavy atom. The smallest absolute Gasteiger partial charge is 0.249 e. The second kappa shape index (κ2) is 6.62. The van der Waals surface area contributed by atoms with Crippen molar-refractivity contribution in [3.63, 3.8) is 0 Å². The van der Waals surface area contributed by atoms with E-state index in [1.54, 1.807) is 12.3 Å². The van der Waals surface area contributed by atoms with Gasteiger partial charge < -0.3 is 10.6 Å². The highest BCUT2D eigenvalue weighted by molar-refractivity contribution is 6.33. The van der Waals surface area contributed by atoms with Crippen molar-refractivity contribution in [1.29, 1.82) is 0 Å². The van der Waals surface area contributed by atoms with E-state index < -0.39 is 0 Å². The van der Waals surface area contributed by atoms with Crippen LogP contribution >= 0.6 is 11.6 Å². The molecule has 1 aromatic heterocycles. The minimum absolute atomic E-state index is 0.383. The maximum absolute atomic E-state index is 6.13. The third kappa shape index (κ3) is 3.57. The van der Waals surface area contributed by atoms with Crippen LogP contribution in [0.1, 0.15) is 11.1 Å². The summed E-state index contributed by atoms with van der Waals surface area (Å²) in [6, 6.07) is 13.5. The van der Waals surface area contributed by atoms with Crippen molar-refractivity contribution in [2.45, 2.75) is 13.8 Å². The second-order valence-corrected chi connectivity index (χ2v) is 5.55. The molecule has 2 N–H and O–H groups in total. The van der Waals surface area contributed by atoms with Crippen LogP contribution in [0.5, 0.6) is 0 Å². The predicted octanol–water partition coefficient (Wildman–Crippen LogP) is 4.63. The number of hydrogen-bond donors (Lipinski definition) is 2. The maximum Gasteiger partial charge on any atom is 0.249 e. The fourth-order valence-corrected chi connectivity index (χ4v) is 2.31. The summed E-state index contributed by atoms with van der Waals surface area (Å²) >= 11 is 6.13. The highest BCUT2D eigenvalue weighted by Crippen LogP contribution is 2.24. The molecule has 0 amide bonds. The molecular weight excluding hydrogens is 310 g/mol. The van der Waals surface area contributed by atoms with E-state index in [-0.39, 0.29) is 0 Å². The number of anilines is 4. The number of aryl methyl sites for hydroxylation is 1. The SMILES string of the molecule is Cc1cccc(Nc2cnnc(Nc3ccccc3Cl)n2)c1C. The molecule has 0 atom stereocenters. The van der Waals surface area contributed by atoms with Gasteiger partial charge in [0.15, 0.2) is 5.82 Å². The van der Waals surface area contributed by atoms with Crippen LogP contribution in [0, 0.1) is 13.8 Å². The highest BCUT2D eigenvalue weighted by Gasteiger charge is 2.06. The van der Waals surface area contributed by atoms with Crippen LogP contribution in [-0.2, 0) is 0 Å². The standard InChI is InChI=1S/C17H16ClN5/c1-11-6-5-9-14(12(11)2)20-16-10-19-23-17(22-16)21-15-8-4-3-7-13(15)18/h3-10H,1-2H3,(H2,20,21,22,23). The van der Waals surface area contributed by atoms with Crippen LogP contribution in [0.3, 0.4) is 0 Å². The van der Waals surface area contributed by atoms with Gasteiger partial charge in [-0.25, -0.2) is 0 Å². The van der Waals surface area contributed by atoms with Gasteiger partial charge in [0, 0.05) is 5.69 Å². The first-order valence-corrected chi connectivity index (χ1v) is 7.56. The predicted molar refractivity (Wildman–Crippen MR) is 93.8 cm³/mol. The molecule has 1 heterocycles. The van der Waals surface area contributed by atoms with Crippen LogP contribution in [0.4, 0.5) is 23.1 Å². The van der Waals surface area contributed by atoms with Gasteiger partial charge in [-0.2, -0.15) is 10.1 Å². The molecule has 0 bridgehead atoms. The Morgan fingerprint density at radius 3 is 2.52 bits per heavy atom. The van der Waals surface area contributed by atoms with Gasteiger partial charge >= 0.3 is 0 Å². The van der Waals surface area contributed by atoms with Gasteiger partial charge in [0.05, 0.1) is 16.9 Å². The van der Waals surface area contributed by atoms with E-state index in [0.717, 1.165) is 11.4 Å². The third-order valence-electron chi connectivity index (χ3n) is 3.55. The lowest BCUT2D eigenvalue weighted by molar-refractivity contribution is 0.982. The molecule has 2 aromatic carbocycles. The summed E-state index contributed by atoms with van der Waals surface area (Å²) in [4.78, 5) is 4.42. The Labute approximate surface area is 139 Å². The van der Waals surface area contributed by atoms with Gasteiger partial charge in [-0.1, -0.05) is 35.9 Å². The molecule has 0 saturated heterocycles. The monoisotopic (exact) mass is 325 g/mol. The lowest BCUT2D eigenvalue weighted by Gasteiger charge is -2.11. The minimum atomic E-state index is 0.383. The van der Waals surface area contributed by atoms with Crippen LogP contribution in [-0.4, -0.2) is 15.2 Å². The molecule has 116 valence electrons. The topological polar surface area (TPSA) is 62.7 Å². The summed E-state index contributed by atoms with van der Waals surface area (Å²) in [6.45, 7) is 4.14. The summed E-state index contributed by atoms with van der Waals surface area (Å²) in [5.41, 5.74) is 4.12. The van der Waals surface area contributed by atoms with Crippen molar-refractivity contribution in [2.75, 3.05) is 10.6 Å². The van der Waals surface area contributed by atoms with Gasteiger partial charge in [-0.3, -0.25) is 0 Å². The summed E-state index contributed by atoms with van der Waals surface area (Å²) < 4.78 is 0. The molecule has 0 radical (unpaired) electrons. The van der Waals surface area contributed by atoms with Crippen molar-refractivity contribution >= 4 is 34.7 Å². The fraction of sp³-hybridized carbons (Fsp3) is 0.118. The molecule has 0 aliphatic carbocycles. The van der Waals surface area contributed by atoms with Gasteiger partial charge in [0.1, 0.15) is 0 Å². The van der Waals surface area contributed by atoms with Crippen molar-refractivity contribution in [3.05, 3.63) is 64.8 Å². The van der Waals surface area contributed by atoms with Gasteiger partial charge in [-0.05, 0) is 43.2 Å². The van der Waals surface area contributed by atoms with Crippen LogP contribution in [0.15, 0.2) is 48.7 Å². The van der Waals surface area contributed by atoms with E-state index in [1.807, 2.05) is 30.3 Å². The normalized spacial score (nSPS) is 10.4.